The Morgan fingerprint density at radius 3 is 2.48 bits per heavy atom. The number of ether oxygens (including phenoxy) is 1. The van der Waals surface area contributed by atoms with Crippen LogP contribution in [0.5, 0.6) is 0 Å². The number of aryl methyl sites for hydroxylation is 1. The van der Waals surface area contributed by atoms with Crippen molar-refractivity contribution in [3.05, 3.63) is 34.9 Å². The molecule has 1 aliphatic heterocycles. The van der Waals surface area contributed by atoms with Gasteiger partial charge in [-0.25, -0.2) is 4.79 Å². The van der Waals surface area contributed by atoms with Crippen LogP contribution in [0.25, 0.3) is 0 Å². The number of amides is 1. The monoisotopic (exact) mass is 291 g/mol. The summed E-state index contributed by atoms with van der Waals surface area (Å²) in [7, 11) is 0. The lowest BCUT2D eigenvalue weighted by molar-refractivity contribution is -0.118. The first kappa shape index (κ1) is 15.5. The summed E-state index contributed by atoms with van der Waals surface area (Å²) < 4.78 is 5.79. The third-order valence-electron chi connectivity index (χ3n) is 3.43. The number of carboxylic acids is 1. The quantitative estimate of drug-likeness (QED) is 0.908. The maximum atomic E-state index is 12.6. The number of nitrogens with zero attached hydrogens (tertiary/aromatic N) is 1. The van der Waals surface area contributed by atoms with Crippen molar-refractivity contribution in [2.45, 2.75) is 39.4 Å². The molecule has 1 aromatic carbocycles. The van der Waals surface area contributed by atoms with Crippen molar-refractivity contribution in [2.75, 3.05) is 13.1 Å². The van der Waals surface area contributed by atoms with Crippen molar-refractivity contribution >= 4 is 11.9 Å². The molecule has 1 saturated heterocycles. The fourth-order valence-corrected chi connectivity index (χ4v) is 2.82. The molecule has 0 aliphatic carbocycles. The largest absolute Gasteiger partial charge is 0.478 e. The molecule has 5 heteroatoms. The molecule has 0 bridgehead atoms. The summed E-state index contributed by atoms with van der Waals surface area (Å²) in [5.74, 6) is -1.17. The highest BCUT2D eigenvalue weighted by molar-refractivity contribution is 5.98. The van der Waals surface area contributed by atoms with Gasteiger partial charge < -0.3 is 14.7 Å². The lowest BCUT2D eigenvalue weighted by Crippen LogP contribution is -2.53. The van der Waals surface area contributed by atoms with E-state index in [9.17, 15) is 9.59 Å². The van der Waals surface area contributed by atoms with E-state index in [1.54, 1.807) is 24.0 Å². The van der Waals surface area contributed by atoms with Crippen molar-refractivity contribution < 1.29 is 19.4 Å². The van der Waals surface area contributed by atoms with Gasteiger partial charge in [0.05, 0.1) is 17.3 Å². The van der Waals surface area contributed by atoms with E-state index in [2.05, 4.69) is 0 Å². The highest BCUT2D eigenvalue weighted by Gasteiger charge is 2.34. The van der Waals surface area contributed by atoms with Gasteiger partial charge in [-0.05, 0) is 51.5 Å². The number of hydrogen-bond donors (Lipinski definition) is 1. The van der Waals surface area contributed by atoms with Gasteiger partial charge >= 0.3 is 5.97 Å². The van der Waals surface area contributed by atoms with Crippen molar-refractivity contribution in [2.24, 2.45) is 0 Å². The lowest BCUT2D eigenvalue weighted by atomic mass is 10.0. The van der Waals surface area contributed by atoms with Crippen LogP contribution in [0.2, 0.25) is 0 Å². The van der Waals surface area contributed by atoms with Crippen molar-refractivity contribution in [1.82, 2.24) is 4.90 Å². The third kappa shape index (κ3) is 3.61. The third-order valence-corrected chi connectivity index (χ3v) is 3.43. The molecule has 1 N–H and O–H groups in total. The van der Waals surface area contributed by atoms with Crippen molar-refractivity contribution in [3.63, 3.8) is 0 Å². The molecule has 1 unspecified atom stereocenters. The van der Waals surface area contributed by atoms with Crippen LogP contribution in [-0.2, 0) is 4.74 Å². The Kier molecular flexibility index (Phi) is 4.05. The standard InChI is InChI=1S/C16H21NO4/c1-10-5-12(7-13(6-10)15(19)20)14(18)17-8-11(2)21-16(3,4)9-17/h5-7,11H,8-9H2,1-4H3,(H,19,20). The van der Waals surface area contributed by atoms with Crippen LogP contribution in [-0.4, -0.2) is 46.7 Å². The van der Waals surface area contributed by atoms with Gasteiger partial charge in [0.15, 0.2) is 0 Å². The molecule has 0 radical (unpaired) electrons. The zero-order chi connectivity index (χ0) is 15.8. The predicted octanol–water partition coefficient (Wildman–Crippen LogP) is 2.33. The summed E-state index contributed by atoms with van der Waals surface area (Å²) in [5.41, 5.74) is 0.919. The van der Waals surface area contributed by atoms with Crippen molar-refractivity contribution in [3.8, 4) is 0 Å². The average Bonchev–Trinajstić information content (AvgIpc) is 2.34. The van der Waals surface area contributed by atoms with Gasteiger partial charge in [-0.1, -0.05) is 0 Å². The molecule has 2 rings (SSSR count). The fraction of sp³-hybridized carbons (Fsp3) is 0.500. The van der Waals surface area contributed by atoms with Gasteiger partial charge in [0.2, 0.25) is 0 Å². The minimum absolute atomic E-state index is 0.0403. The number of rotatable bonds is 2. The van der Waals surface area contributed by atoms with E-state index in [1.807, 2.05) is 20.8 Å². The van der Waals surface area contributed by atoms with Crippen LogP contribution in [0, 0.1) is 6.92 Å². The molecule has 1 heterocycles. The smallest absolute Gasteiger partial charge is 0.335 e. The number of carboxylic acid groups (broad SMARTS) is 1. The molecule has 21 heavy (non-hydrogen) atoms. The lowest BCUT2D eigenvalue weighted by Gasteiger charge is -2.41. The van der Waals surface area contributed by atoms with Gasteiger partial charge in [0, 0.05) is 18.7 Å². The van der Waals surface area contributed by atoms with Crippen LogP contribution >= 0.6 is 0 Å². The first-order valence-electron chi connectivity index (χ1n) is 7.00. The van der Waals surface area contributed by atoms with Crippen LogP contribution in [0.1, 0.15) is 47.1 Å². The first-order valence-corrected chi connectivity index (χ1v) is 7.00. The van der Waals surface area contributed by atoms with Crippen molar-refractivity contribution in [1.29, 1.82) is 0 Å². The van der Waals surface area contributed by atoms with Crippen LogP contribution < -0.4 is 0 Å². The van der Waals surface area contributed by atoms with E-state index in [-0.39, 0.29) is 17.6 Å². The number of carbonyl (C=O) groups excluding carboxylic acids is 1. The highest BCUT2D eigenvalue weighted by Crippen LogP contribution is 2.23. The molecular weight excluding hydrogens is 270 g/mol. The second-order valence-electron chi connectivity index (χ2n) is 6.27. The van der Waals surface area contributed by atoms with Crippen LogP contribution in [0.4, 0.5) is 0 Å². The minimum atomic E-state index is -1.02. The summed E-state index contributed by atoms with van der Waals surface area (Å²) in [6.07, 6.45) is -0.0403. The van der Waals surface area contributed by atoms with Gasteiger partial charge in [-0.15, -0.1) is 0 Å². The molecule has 1 fully saturated rings. The zero-order valence-electron chi connectivity index (χ0n) is 12.8. The van der Waals surface area contributed by atoms with E-state index in [1.165, 1.54) is 6.07 Å². The summed E-state index contributed by atoms with van der Waals surface area (Å²) >= 11 is 0. The predicted molar refractivity (Wildman–Crippen MR) is 78.7 cm³/mol. The highest BCUT2D eigenvalue weighted by atomic mass is 16.5. The summed E-state index contributed by atoms with van der Waals surface area (Å²) in [5, 5.41) is 9.11. The SMILES string of the molecule is Cc1cc(C(=O)O)cc(C(=O)N2CC(C)OC(C)(C)C2)c1. The Morgan fingerprint density at radius 1 is 1.29 bits per heavy atom. The summed E-state index contributed by atoms with van der Waals surface area (Å²) in [4.78, 5) is 25.5. The average molecular weight is 291 g/mol. The Morgan fingerprint density at radius 2 is 1.90 bits per heavy atom. The molecule has 5 nitrogen and oxygen atoms in total. The number of benzene rings is 1. The number of carbonyl (C=O) groups is 2. The van der Waals surface area contributed by atoms with Crippen LogP contribution in [0.3, 0.4) is 0 Å². The van der Waals surface area contributed by atoms with E-state index in [0.29, 0.717) is 18.7 Å². The molecule has 0 saturated carbocycles. The molecule has 1 aromatic rings. The van der Waals surface area contributed by atoms with E-state index in [4.69, 9.17) is 9.84 Å². The fourth-order valence-electron chi connectivity index (χ4n) is 2.82. The molecule has 0 aromatic heterocycles. The zero-order valence-corrected chi connectivity index (χ0v) is 12.8. The summed E-state index contributed by atoms with van der Waals surface area (Å²) in [6, 6.07) is 4.72. The molecule has 1 amide bonds. The Labute approximate surface area is 124 Å². The van der Waals surface area contributed by atoms with Gasteiger partial charge in [-0.3, -0.25) is 4.79 Å². The first-order chi connectivity index (χ1) is 9.68. The maximum Gasteiger partial charge on any atom is 0.335 e. The Hall–Kier alpha value is -1.88. The maximum absolute atomic E-state index is 12.6. The van der Waals surface area contributed by atoms with Gasteiger partial charge in [0.1, 0.15) is 0 Å². The van der Waals surface area contributed by atoms with Crippen LogP contribution in [0.15, 0.2) is 18.2 Å². The Balaban J connectivity index is 2.29. The normalized spacial score (nSPS) is 21.1. The molecule has 1 aliphatic rings. The second-order valence-corrected chi connectivity index (χ2v) is 6.27. The number of morpholine rings is 1. The minimum Gasteiger partial charge on any atom is -0.478 e. The number of aromatic carboxylic acids is 1. The Bertz CT molecular complexity index is 580. The molecule has 0 spiro atoms. The van der Waals surface area contributed by atoms with E-state index < -0.39 is 11.6 Å². The molecule has 1 atom stereocenters. The topological polar surface area (TPSA) is 66.8 Å². The van der Waals surface area contributed by atoms with E-state index >= 15 is 0 Å². The molecule has 114 valence electrons. The summed E-state index contributed by atoms with van der Waals surface area (Å²) in [6.45, 7) is 8.62. The molecular formula is C16H21NO4. The second kappa shape index (κ2) is 5.48. The van der Waals surface area contributed by atoms with Gasteiger partial charge in [-0.2, -0.15) is 0 Å². The van der Waals surface area contributed by atoms with E-state index in [0.717, 1.165) is 5.56 Å². The number of hydrogen-bond acceptors (Lipinski definition) is 3. The van der Waals surface area contributed by atoms with Gasteiger partial charge in [0.25, 0.3) is 5.91 Å².